The zero-order valence-corrected chi connectivity index (χ0v) is 14.3. The summed E-state index contributed by atoms with van der Waals surface area (Å²) in [5.41, 5.74) is 1.79. The standard InChI is InChI=1S/C19H18N2O5/c1-20(14-7-3-2-4-8-14)17(22)13-25-18(23)11-12-21-15-9-5-6-10-16(15)26-19(21)24/h2-10H,11-13H2,1H3. The average molecular weight is 354 g/mol. The number of amides is 1. The Morgan fingerprint density at radius 2 is 1.77 bits per heavy atom. The van der Waals surface area contributed by atoms with Crippen LogP contribution in [-0.4, -0.2) is 30.1 Å². The van der Waals surface area contributed by atoms with Crippen molar-refractivity contribution in [3.05, 3.63) is 65.1 Å². The van der Waals surface area contributed by atoms with E-state index in [1.54, 1.807) is 43.4 Å². The summed E-state index contributed by atoms with van der Waals surface area (Å²) in [6, 6.07) is 16.0. The largest absolute Gasteiger partial charge is 0.455 e. The van der Waals surface area contributed by atoms with E-state index in [0.29, 0.717) is 16.8 Å². The van der Waals surface area contributed by atoms with E-state index in [9.17, 15) is 14.4 Å². The van der Waals surface area contributed by atoms with Crippen LogP contribution in [0.3, 0.4) is 0 Å². The molecule has 0 radical (unpaired) electrons. The van der Waals surface area contributed by atoms with Gasteiger partial charge in [0.15, 0.2) is 12.2 Å². The van der Waals surface area contributed by atoms with E-state index in [2.05, 4.69) is 0 Å². The molecule has 0 unspecified atom stereocenters. The molecule has 3 rings (SSSR count). The molecule has 3 aromatic rings. The van der Waals surface area contributed by atoms with E-state index in [-0.39, 0.29) is 25.5 Å². The van der Waals surface area contributed by atoms with E-state index >= 15 is 0 Å². The zero-order chi connectivity index (χ0) is 18.5. The van der Waals surface area contributed by atoms with Gasteiger partial charge < -0.3 is 14.1 Å². The molecule has 0 N–H and O–H groups in total. The first kappa shape index (κ1) is 17.5. The number of benzene rings is 2. The molecule has 0 aliphatic heterocycles. The Kier molecular flexibility index (Phi) is 5.17. The summed E-state index contributed by atoms with van der Waals surface area (Å²) in [4.78, 5) is 37.3. The van der Waals surface area contributed by atoms with Gasteiger partial charge in [-0.05, 0) is 24.3 Å². The van der Waals surface area contributed by atoms with Gasteiger partial charge >= 0.3 is 11.7 Å². The minimum atomic E-state index is -0.558. The Morgan fingerprint density at radius 1 is 1.08 bits per heavy atom. The van der Waals surface area contributed by atoms with Crippen molar-refractivity contribution in [1.82, 2.24) is 4.57 Å². The lowest BCUT2D eigenvalue weighted by molar-refractivity contribution is -0.148. The maximum atomic E-state index is 12.1. The van der Waals surface area contributed by atoms with Crippen molar-refractivity contribution in [3.8, 4) is 0 Å². The number of aromatic nitrogens is 1. The molecule has 0 bridgehead atoms. The normalized spacial score (nSPS) is 10.7. The number of anilines is 1. The lowest BCUT2D eigenvalue weighted by Crippen LogP contribution is -2.31. The van der Waals surface area contributed by atoms with Crippen LogP contribution in [0.15, 0.2) is 63.8 Å². The van der Waals surface area contributed by atoms with E-state index in [0.717, 1.165) is 0 Å². The van der Waals surface area contributed by atoms with Crippen LogP contribution in [0.2, 0.25) is 0 Å². The maximum Gasteiger partial charge on any atom is 0.419 e. The monoisotopic (exact) mass is 354 g/mol. The highest BCUT2D eigenvalue weighted by molar-refractivity contribution is 5.94. The number of ether oxygens (including phenoxy) is 1. The number of para-hydroxylation sites is 3. The lowest BCUT2D eigenvalue weighted by Gasteiger charge is -2.17. The number of oxazole rings is 1. The first-order valence-electron chi connectivity index (χ1n) is 8.12. The fraction of sp³-hybridized carbons (Fsp3) is 0.211. The van der Waals surface area contributed by atoms with Crippen LogP contribution in [0.5, 0.6) is 0 Å². The van der Waals surface area contributed by atoms with Gasteiger partial charge in [-0.3, -0.25) is 14.2 Å². The van der Waals surface area contributed by atoms with E-state index in [1.165, 1.54) is 9.47 Å². The number of rotatable bonds is 6. The van der Waals surface area contributed by atoms with Gasteiger partial charge in [0, 0.05) is 19.3 Å². The number of esters is 1. The molecule has 0 saturated carbocycles. The molecular weight excluding hydrogens is 336 g/mol. The molecule has 0 aliphatic carbocycles. The summed E-state index contributed by atoms with van der Waals surface area (Å²) in [6.45, 7) is -0.233. The second kappa shape index (κ2) is 7.69. The molecule has 0 atom stereocenters. The second-order valence-corrected chi connectivity index (χ2v) is 5.69. The molecule has 26 heavy (non-hydrogen) atoms. The average Bonchev–Trinajstić information content (AvgIpc) is 2.99. The molecule has 1 amide bonds. The number of likely N-dealkylation sites (N-methyl/N-ethyl adjacent to an activating group) is 1. The highest BCUT2D eigenvalue weighted by Gasteiger charge is 2.15. The topological polar surface area (TPSA) is 81.8 Å². The predicted molar refractivity (Wildman–Crippen MR) is 95.9 cm³/mol. The molecule has 0 spiro atoms. The summed E-state index contributed by atoms with van der Waals surface area (Å²) in [5.74, 6) is -1.42. The Morgan fingerprint density at radius 3 is 2.54 bits per heavy atom. The van der Waals surface area contributed by atoms with E-state index in [4.69, 9.17) is 9.15 Å². The van der Waals surface area contributed by atoms with Crippen LogP contribution in [0.4, 0.5) is 5.69 Å². The zero-order valence-electron chi connectivity index (χ0n) is 14.3. The third-order valence-corrected chi connectivity index (χ3v) is 3.99. The van der Waals surface area contributed by atoms with Crippen LogP contribution >= 0.6 is 0 Å². The van der Waals surface area contributed by atoms with Crippen LogP contribution in [0.1, 0.15) is 6.42 Å². The number of hydrogen-bond donors (Lipinski definition) is 0. The number of nitrogens with zero attached hydrogens (tertiary/aromatic N) is 2. The summed E-state index contributed by atoms with van der Waals surface area (Å²) >= 11 is 0. The Balaban J connectivity index is 1.54. The molecule has 0 aliphatic rings. The van der Waals surface area contributed by atoms with Crippen LogP contribution < -0.4 is 10.7 Å². The predicted octanol–water partition coefficient (Wildman–Crippen LogP) is 2.19. The number of fused-ring (bicyclic) bond motifs is 1. The number of carbonyl (C=O) groups is 2. The SMILES string of the molecule is CN(C(=O)COC(=O)CCn1c(=O)oc2ccccc21)c1ccccc1. The highest BCUT2D eigenvalue weighted by Crippen LogP contribution is 2.13. The van der Waals surface area contributed by atoms with Gasteiger partial charge in [0.05, 0.1) is 11.9 Å². The van der Waals surface area contributed by atoms with E-state index in [1.807, 2.05) is 18.2 Å². The molecular formula is C19H18N2O5. The summed E-state index contributed by atoms with van der Waals surface area (Å²) in [6.07, 6.45) is -0.0359. The minimum absolute atomic E-state index is 0.0359. The Bertz CT molecular complexity index is 974. The first-order valence-corrected chi connectivity index (χ1v) is 8.12. The van der Waals surface area contributed by atoms with Gasteiger partial charge in [0.2, 0.25) is 0 Å². The molecule has 7 nitrogen and oxygen atoms in total. The van der Waals surface area contributed by atoms with Crippen molar-refractivity contribution < 1.29 is 18.7 Å². The van der Waals surface area contributed by atoms with E-state index < -0.39 is 11.7 Å². The molecule has 0 saturated heterocycles. The fourth-order valence-corrected chi connectivity index (χ4v) is 2.54. The Labute approximate surface area is 149 Å². The van der Waals surface area contributed by atoms with Crippen molar-refractivity contribution in [2.75, 3.05) is 18.6 Å². The van der Waals surface area contributed by atoms with Crippen molar-refractivity contribution in [3.63, 3.8) is 0 Å². The molecule has 2 aromatic carbocycles. The van der Waals surface area contributed by atoms with Crippen LogP contribution in [0, 0.1) is 0 Å². The quantitative estimate of drug-likeness (QED) is 0.634. The van der Waals surface area contributed by atoms with Gasteiger partial charge in [-0.1, -0.05) is 30.3 Å². The van der Waals surface area contributed by atoms with Crippen molar-refractivity contribution in [2.45, 2.75) is 13.0 Å². The summed E-state index contributed by atoms with van der Waals surface area (Å²) in [7, 11) is 1.61. The van der Waals surface area contributed by atoms with Gasteiger partial charge in [-0.2, -0.15) is 0 Å². The van der Waals surface area contributed by atoms with Gasteiger partial charge in [0.25, 0.3) is 5.91 Å². The van der Waals surface area contributed by atoms with Crippen molar-refractivity contribution >= 4 is 28.7 Å². The smallest absolute Gasteiger partial charge is 0.419 e. The van der Waals surface area contributed by atoms with Crippen LogP contribution in [0.25, 0.3) is 11.1 Å². The highest BCUT2D eigenvalue weighted by atomic mass is 16.5. The molecule has 1 heterocycles. The minimum Gasteiger partial charge on any atom is -0.455 e. The number of aryl methyl sites for hydroxylation is 1. The molecule has 1 aromatic heterocycles. The maximum absolute atomic E-state index is 12.1. The molecule has 7 heteroatoms. The third kappa shape index (κ3) is 3.83. The summed E-state index contributed by atoms with van der Waals surface area (Å²) in [5, 5.41) is 0. The number of carbonyl (C=O) groups excluding carboxylic acids is 2. The first-order chi connectivity index (χ1) is 12.6. The fourth-order valence-electron chi connectivity index (χ4n) is 2.54. The van der Waals surface area contributed by atoms with Crippen molar-refractivity contribution in [2.24, 2.45) is 0 Å². The third-order valence-electron chi connectivity index (χ3n) is 3.99. The lowest BCUT2D eigenvalue weighted by atomic mass is 10.3. The molecule has 0 fully saturated rings. The van der Waals surface area contributed by atoms with Gasteiger partial charge in [-0.15, -0.1) is 0 Å². The summed E-state index contributed by atoms with van der Waals surface area (Å²) < 4.78 is 11.5. The Hall–Kier alpha value is -3.35. The number of hydrogen-bond acceptors (Lipinski definition) is 5. The van der Waals surface area contributed by atoms with Crippen LogP contribution in [-0.2, 0) is 20.9 Å². The van der Waals surface area contributed by atoms with Crippen molar-refractivity contribution in [1.29, 1.82) is 0 Å². The second-order valence-electron chi connectivity index (χ2n) is 5.69. The molecule has 134 valence electrons. The van der Waals surface area contributed by atoms with Gasteiger partial charge in [-0.25, -0.2) is 4.79 Å². The van der Waals surface area contributed by atoms with Gasteiger partial charge in [0.1, 0.15) is 0 Å².